The number of guanidine groups is 1. The molecule has 0 aromatic heterocycles. The van der Waals surface area contributed by atoms with Gasteiger partial charge in [0.25, 0.3) is 0 Å². The molecule has 1 aliphatic rings. The molecule has 1 heterocycles. The fourth-order valence-corrected chi connectivity index (χ4v) is 4.83. The topological polar surface area (TPSA) is 83.0 Å². The van der Waals surface area contributed by atoms with Crippen LogP contribution >= 0.6 is 24.0 Å². The van der Waals surface area contributed by atoms with Gasteiger partial charge in [-0.2, -0.15) is 4.31 Å². The van der Waals surface area contributed by atoms with E-state index in [9.17, 15) is 8.42 Å². The van der Waals surface area contributed by atoms with Gasteiger partial charge in [0.2, 0.25) is 10.0 Å². The van der Waals surface area contributed by atoms with E-state index >= 15 is 0 Å². The van der Waals surface area contributed by atoms with Crippen LogP contribution in [-0.2, 0) is 14.8 Å². The molecule has 1 fully saturated rings. The molecule has 2 N–H and O–H groups in total. The van der Waals surface area contributed by atoms with E-state index in [1.807, 2.05) is 6.07 Å². The molecule has 0 amide bonds. The number of aliphatic imine (C=N–C) groups is 1. The van der Waals surface area contributed by atoms with Gasteiger partial charge in [-0.1, -0.05) is 32.0 Å². The Balaban J connectivity index is 0.00000480. The van der Waals surface area contributed by atoms with E-state index in [0.29, 0.717) is 36.4 Å². The Morgan fingerprint density at radius 2 is 1.87 bits per heavy atom. The minimum absolute atomic E-state index is 0. The van der Waals surface area contributed by atoms with Crippen LogP contribution in [0, 0.1) is 11.8 Å². The summed E-state index contributed by atoms with van der Waals surface area (Å²) in [7, 11) is -3.39. The molecule has 0 radical (unpaired) electrons. The molecule has 0 spiro atoms. The van der Waals surface area contributed by atoms with Gasteiger partial charge in [0, 0.05) is 45.9 Å². The van der Waals surface area contributed by atoms with Crippen LogP contribution in [0.15, 0.2) is 40.2 Å². The lowest BCUT2D eigenvalue weighted by molar-refractivity contribution is 0.108. The molecule has 1 aliphatic heterocycles. The maximum absolute atomic E-state index is 12.7. The predicted molar refractivity (Wildman–Crippen MR) is 138 cm³/mol. The summed E-state index contributed by atoms with van der Waals surface area (Å²) in [5.74, 6) is 1.78. The molecule has 0 bridgehead atoms. The number of halogens is 1. The third kappa shape index (κ3) is 10.0. The summed E-state index contributed by atoms with van der Waals surface area (Å²) in [6.07, 6.45) is 2.60. The second-order valence-electron chi connectivity index (χ2n) is 8.13. The fourth-order valence-electron chi connectivity index (χ4n) is 3.34. The molecular formula is C22H39IN4O3S. The highest BCUT2D eigenvalue weighted by Crippen LogP contribution is 2.23. The molecule has 0 unspecified atom stereocenters. The highest BCUT2D eigenvalue weighted by Gasteiger charge is 2.29. The number of rotatable bonds is 11. The third-order valence-corrected chi connectivity index (χ3v) is 6.93. The van der Waals surface area contributed by atoms with Crippen LogP contribution in [0.5, 0.6) is 0 Å². The Kier molecular flexibility index (Phi) is 13.6. The van der Waals surface area contributed by atoms with Crippen LogP contribution in [0.4, 0.5) is 0 Å². The van der Waals surface area contributed by atoms with Gasteiger partial charge in [-0.3, -0.25) is 4.99 Å². The Morgan fingerprint density at radius 1 is 1.19 bits per heavy atom. The Bertz CT molecular complexity index is 736. The molecule has 0 atom stereocenters. The lowest BCUT2D eigenvalue weighted by Gasteiger charge is -2.30. The molecule has 2 rings (SSSR count). The van der Waals surface area contributed by atoms with Crippen molar-refractivity contribution in [3.8, 4) is 0 Å². The fraction of sp³-hybridized carbons (Fsp3) is 0.682. The highest BCUT2D eigenvalue weighted by atomic mass is 127. The maximum atomic E-state index is 12.7. The number of ether oxygens (including phenoxy) is 1. The van der Waals surface area contributed by atoms with Gasteiger partial charge in [-0.15, -0.1) is 24.0 Å². The van der Waals surface area contributed by atoms with Crippen molar-refractivity contribution >= 4 is 40.0 Å². The summed E-state index contributed by atoms with van der Waals surface area (Å²) >= 11 is 0. The van der Waals surface area contributed by atoms with Crippen molar-refractivity contribution in [3.63, 3.8) is 0 Å². The molecule has 1 aromatic carbocycles. The minimum Gasteiger partial charge on any atom is -0.381 e. The lowest BCUT2D eigenvalue weighted by atomic mass is 9.98. The third-order valence-electron chi connectivity index (χ3n) is 5.02. The van der Waals surface area contributed by atoms with Gasteiger partial charge in [0.15, 0.2) is 5.96 Å². The summed E-state index contributed by atoms with van der Waals surface area (Å²) in [6, 6.07) is 8.68. The predicted octanol–water partition coefficient (Wildman–Crippen LogP) is 3.32. The van der Waals surface area contributed by atoms with Crippen LogP contribution < -0.4 is 10.6 Å². The summed E-state index contributed by atoms with van der Waals surface area (Å²) in [5, 5.41) is 6.63. The first-order valence-corrected chi connectivity index (χ1v) is 12.5. The number of hydrogen-bond acceptors (Lipinski definition) is 4. The average Bonchev–Trinajstić information content (AvgIpc) is 2.75. The van der Waals surface area contributed by atoms with E-state index < -0.39 is 10.0 Å². The van der Waals surface area contributed by atoms with Crippen molar-refractivity contribution in [2.45, 2.75) is 44.9 Å². The number of nitrogens with one attached hydrogen (secondary N) is 2. The summed E-state index contributed by atoms with van der Waals surface area (Å²) in [5.41, 5.74) is 0. The Hall–Kier alpha value is -0.910. The summed E-state index contributed by atoms with van der Waals surface area (Å²) < 4.78 is 32.7. The van der Waals surface area contributed by atoms with Crippen molar-refractivity contribution in [1.82, 2.24) is 14.9 Å². The minimum atomic E-state index is -3.39. The Labute approximate surface area is 205 Å². The lowest BCUT2D eigenvalue weighted by Crippen LogP contribution is -2.40. The Morgan fingerprint density at radius 3 is 2.48 bits per heavy atom. The average molecular weight is 567 g/mol. The van der Waals surface area contributed by atoms with Gasteiger partial charge in [-0.25, -0.2) is 8.42 Å². The molecule has 1 saturated heterocycles. The van der Waals surface area contributed by atoms with Gasteiger partial charge < -0.3 is 15.4 Å². The van der Waals surface area contributed by atoms with Crippen molar-refractivity contribution in [2.24, 2.45) is 16.8 Å². The van der Waals surface area contributed by atoms with E-state index in [0.717, 1.165) is 51.5 Å². The maximum Gasteiger partial charge on any atom is 0.243 e. The summed E-state index contributed by atoms with van der Waals surface area (Å²) in [6.45, 7) is 11.3. The standard InChI is InChI=1S/C22H38N4O3S.HI/c1-4-23-22(24-13-8-16-29-18-19(2)3)25-17-20-11-14-26(15-12-20)30(27,28)21-9-6-5-7-10-21;/h5-7,9-10,19-20H,4,8,11-18H2,1-3H3,(H2,23,24,25);1H. The van der Waals surface area contributed by atoms with Crippen LogP contribution in [0.3, 0.4) is 0 Å². The molecule has 0 saturated carbocycles. The first-order valence-electron chi connectivity index (χ1n) is 11.1. The van der Waals surface area contributed by atoms with Gasteiger partial charge in [0.05, 0.1) is 4.90 Å². The quantitative estimate of drug-likeness (QED) is 0.186. The molecule has 9 heteroatoms. The van der Waals surface area contributed by atoms with Crippen LogP contribution in [-0.4, -0.2) is 64.6 Å². The van der Waals surface area contributed by atoms with Gasteiger partial charge in [-0.05, 0) is 50.2 Å². The monoisotopic (exact) mass is 566 g/mol. The largest absolute Gasteiger partial charge is 0.381 e. The van der Waals surface area contributed by atoms with Crippen LogP contribution in [0.25, 0.3) is 0 Å². The molecule has 178 valence electrons. The normalized spacial score (nSPS) is 16.2. The molecule has 31 heavy (non-hydrogen) atoms. The number of benzene rings is 1. The first-order chi connectivity index (χ1) is 14.4. The van der Waals surface area contributed by atoms with Crippen molar-refractivity contribution < 1.29 is 13.2 Å². The van der Waals surface area contributed by atoms with Crippen molar-refractivity contribution in [1.29, 1.82) is 0 Å². The SMILES string of the molecule is CCNC(=NCC1CCN(S(=O)(=O)c2ccccc2)CC1)NCCCOCC(C)C.I. The second-order valence-corrected chi connectivity index (χ2v) is 10.1. The smallest absolute Gasteiger partial charge is 0.243 e. The molecular weight excluding hydrogens is 527 g/mol. The van der Waals surface area contributed by atoms with E-state index in [1.165, 1.54) is 0 Å². The zero-order chi connectivity index (χ0) is 21.8. The number of hydrogen-bond donors (Lipinski definition) is 2. The second kappa shape index (κ2) is 15.0. The zero-order valence-corrected chi connectivity index (χ0v) is 22.2. The molecule has 7 nitrogen and oxygen atoms in total. The highest BCUT2D eigenvalue weighted by molar-refractivity contribution is 14.0. The van der Waals surface area contributed by atoms with Gasteiger partial charge in [0.1, 0.15) is 0 Å². The molecule has 1 aromatic rings. The van der Waals surface area contributed by atoms with E-state index in [2.05, 4.69) is 31.4 Å². The van der Waals surface area contributed by atoms with Gasteiger partial charge >= 0.3 is 0 Å². The van der Waals surface area contributed by atoms with Crippen molar-refractivity contribution in [3.05, 3.63) is 30.3 Å². The van der Waals surface area contributed by atoms with E-state index in [1.54, 1.807) is 28.6 Å². The van der Waals surface area contributed by atoms with Crippen LogP contribution in [0.2, 0.25) is 0 Å². The number of piperidine rings is 1. The number of sulfonamides is 1. The van der Waals surface area contributed by atoms with E-state index in [4.69, 9.17) is 9.73 Å². The van der Waals surface area contributed by atoms with Crippen LogP contribution in [0.1, 0.15) is 40.0 Å². The van der Waals surface area contributed by atoms with Crippen molar-refractivity contribution in [2.75, 3.05) is 45.9 Å². The number of nitrogens with zero attached hydrogens (tertiary/aromatic N) is 2. The first kappa shape index (κ1) is 28.1. The van der Waals surface area contributed by atoms with E-state index in [-0.39, 0.29) is 24.0 Å². The zero-order valence-electron chi connectivity index (χ0n) is 19.0. The summed E-state index contributed by atoms with van der Waals surface area (Å²) in [4.78, 5) is 5.09. The molecule has 0 aliphatic carbocycles.